The monoisotopic (exact) mass is 310 g/mol. The van der Waals surface area contributed by atoms with Crippen LogP contribution in [-0.4, -0.2) is 49.4 Å². The normalized spacial score (nSPS) is 21.9. The Morgan fingerprint density at radius 3 is 2.68 bits per heavy atom. The summed E-state index contributed by atoms with van der Waals surface area (Å²) in [6.07, 6.45) is 8.59. The molecule has 0 bridgehead atoms. The van der Waals surface area contributed by atoms with E-state index in [0.717, 1.165) is 58.0 Å². The summed E-state index contributed by atoms with van der Waals surface area (Å²) in [5.74, 6) is 0.532. The Morgan fingerprint density at radius 1 is 1.36 bits per heavy atom. The number of likely N-dealkylation sites (tertiary alicyclic amines) is 1. The van der Waals surface area contributed by atoms with Gasteiger partial charge < -0.3 is 20.3 Å². The third-order valence-electron chi connectivity index (χ3n) is 4.82. The molecule has 1 unspecified atom stereocenters. The van der Waals surface area contributed by atoms with Gasteiger partial charge in [-0.05, 0) is 38.8 Å². The number of rotatable bonds is 9. The lowest BCUT2D eigenvalue weighted by atomic mass is 9.76. The van der Waals surface area contributed by atoms with Gasteiger partial charge in [-0.15, -0.1) is 0 Å². The lowest BCUT2D eigenvalue weighted by molar-refractivity contribution is -0.116. The van der Waals surface area contributed by atoms with E-state index in [-0.39, 0.29) is 11.9 Å². The molecule has 0 spiro atoms. The van der Waals surface area contributed by atoms with Crippen molar-refractivity contribution < 1.29 is 4.79 Å². The van der Waals surface area contributed by atoms with Crippen molar-refractivity contribution in [3.8, 4) is 0 Å². The second kappa shape index (κ2) is 9.82. The molecule has 0 amide bonds. The lowest BCUT2D eigenvalue weighted by Crippen LogP contribution is -2.61. The van der Waals surface area contributed by atoms with E-state index >= 15 is 0 Å². The second-order valence-electron chi connectivity index (χ2n) is 6.51. The second-order valence-corrected chi connectivity index (χ2v) is 6.51. The van der Waals surface area contributed by atoms with Crippen molar-refractivity contribution in [3.63, 3.8) is 0 Å². The molecule has 0 aromatic rings. The molecule has 0 aromatic heterocycles. The van der Waals surface area contributed by atoms with Gasteiger partial charge >= 0.3 is 0 Å². The fourth-order valence-electron chi connectivity index (χ4n) is 3.38. The smallest absolute Gasteiger partial charge is 0.188 e. The van der Waals surface area contributed by atoms with Crippen LogP contribution in [-0.2, 0) is 4.79 Å². The van der Waals surface area contributed by atoms with E-state index in [1.807, 2.05) is 0 Å². The Balaban J connectivity index is 2.82. The van der Waals surface area contributed by atoms with Crippen molar-refractivity contribution in [2.45, 2.75) is 64.3 Å². The molecule has 1 aliphatic rings. The molecular weight excluding hydrogens is 276 g/mol. The van der Waals surface area contributed by atoms with Gasteiger partial charge in [-0.25, -0.2) is 0 Å². The Labute approximate surface area is 135 Å². The Hall–Kier alpha value is -1.10. The number of piperidine rings is 1. The van der Waals surface area contributed by atoms with E-state index in [0.29, 0.717) is 0 Å². The number of hydrogen-bond donors (Lipinski definition) is 3. The van der Waals surface area contributed by atoms with Gasteiger partial charge in [-0.1, -0.05) is 33.1 Å². The highest BCUT2D eigenvalue weighted by atomic mass is 16.1. The van der Waals surface area contributed by atoms with Gasteiger partial charge in [0.1, 0.15) is 6.29 Å². The van der Waals surface area contributed by atoms with Gasteiger partial charge in [0.2, 0.25) is 0 Å². The average molecular weight is 310 g/mol. The Kier molecular flexibility index (Phi) is 8.46. The van der Waals surface area contributed by atoms with Crippen molar-refractivity contribution in [1.82, 2.24) is 15.5 Å². The molecule has 1 heterocycles. The maximum Gasteiger partial charge on any atom is 0.188 e. The van der Waals surface area contributed by atoms with Crippen molar-refractivity contribution in [3.05, 3.63) is 0 Å². The Bertz CT molecular complexity index is 348. The van der Waals surface area contributed by atoms with Gasteiger partial charge in [0.05, 0.1) is 5.54 Å². The maximum absolute atomic E-state index is 12.0. The van der Waals surface area contributed by atoms with Crippen molar-refractivity contribution in [2.24, 2.45) is 5.92 Å². The summed E-state index contributed by atoms with van der Waals surface area (Å²) in [6, 6.07) is 0. The lowest BCUT2D eigenvalue weighted by Gasteiger charge is -2.43. The molecule has 2 atom stereocenters. The first kappa shape index (κ1) is 18.9. The van der Waals surface area contributed by atoms with Crippen LogP contribution in [0.4, 0.5) is 0 Å². The predicted molar refractivity (Wildman–Crippen MR) is 92.3 cm³/mol. The molecule has 1 aliphatic heterocycles. The number of guanidine groups is 1. The molecule has 22 heavy (non-hydrogen) atoms. The first-order chi connectivity index (χ1) is 10.6. The highest BCUT2D eigenvalue weighted by molar-refractivity contribution is 5.82. The molecule has 128 valence electrons. The molecule has 1 fully saturated rings. The van der Waals surface area contributed by atoms with Crippen molar-refractivity contribution in [1.29, 1.82) is 5.41 Å². The quantitative estimate of drug-likeness (QED) is 0.347. The third-order valence-corrected chi connectivity index (χ3v) is 4.82. The fraction of sp³-hybridized carbons (Fsp3) is 0.882. The number of nitrogens with one attached hydrogen (secondary N) is 3. The number of carbonyl (C=O) groups excluding carboxylic acids is 1. The summed E-state index contributed by atoms with van der Waals surface area (Å²) in [5, 5.41) is 13.9. The van der Waals surface area contributed by atoms with Crippen LogP contribution in [0.1, 0.15) is 58.8 Å². The first-order valence-corrected chi connectivity index (χ1v) is 8.85. The standard InChI is InChI=1S/C17H34N4O/c1-4-6-10-17(14-22,20-16(18)19-3)15-9-8-12-21(13-15)11-7-5-2/h14-15H,4-13H2,1-3H3,(H3,18,19,20)/t15?,17-/m0/s1. The summed E-state index contributed by atoms with van der Waals surface area (Å²) in [4.78, 5) is 14.5. The number of unbranched alkanes of at least 4 members (excludes halogenated alkanes) is 2. The topological polar surface area (TPSA) is 68.2 Å². The zero-order valence-electron chi connectivity index (χ0n) is 14.6. The van der Waals surface area contributed by atoms with E-state index in [2.05, 4.69) is 29.4 Å². The molecule has 1 rings (SSSR count). The van der Waals surface area contributed by atoms with Crippen LogP contribution in [0.15, 0.2) is 0 Å². The molecule has 5 heteroatoms. The minimum Gasteiger partial charge on any atom is -0.360 e. The highest BCUT2D eigenvalue weighted by Gasteiger charge is 2.40. The predicted octanol–water partition coefficient (Wildman–Crippen LogP) is 2.37. The number of carbonyl (C=O) groups is 1. The summed E-state index contributed by atoms with van der Waals surface area (Å²) in [6.45, 7) is 7.59. The van der Waals surface area contributed by atoms with Crippen molar-refractivity contribution in [2.75, 3.05) is 26.7 Å². The molecule has 0 saturated carbocycles. The molecule has 1 saturated heterocycles. The van der Waals surface area contributed by atoms with Crippen molar-refractivity contribution >= 4 is 12.2 Å². The van der Waals surface area contributed by atoms with Crippen LogP contribution in [0.2, 0.25) is 0 Å². The average Bonchev–Trinajstić information content (AvgIpc) is 2.56. The first-order valence-electron chi connectivity index (χ1n) is 8.85. The maximum atomic E-state index is 12.0. The summed E-state index contributed by atoms with van der Waals surface area (Å²) >= 11 is 0. The van der Waals surface area contributed by atoms with E-state index in [1.54, 1.807) is 7.05 Å². The van der Waals surface area contributed by atoms with Crippen LogP contribution in [0, 0.1) is 11.3 Å². The van der Waals surface area contributed by atoms with E-state index in [9.17, 15) is 4.79 Å². The summed E-state index contributed by atoms with van der Waals surface area (Å²) in [7, 11) is 1.72. The van der Waals surface area contributed by atoms with E-state index < -0.39 is 5.54 Å². The van der Waals surface area contributed by atoms with Gasteiger partial charge in [-0.2, -0.15) is 0 Å². The largest absolute Gasteiger partial charge is 0.360 e. The van der Waals surface area contributed by atoms with Crippen LogP contribution in [0.3, 0.4) is 0 Å². The molecule has 3 N–H and O–H groups in total. The SMILES string of the molecule is CCCCN1CCCC([C@@](C=O)(CCCC)NC(=N)NC)C1. The minimum atomic E-state index is -0.596. The zero-order chi connectivity index (χ0) is 16.4. The van der Waals surface area contributed by atoms with Crippen LogP contribution in [0.5, 0.6) is 0 Å². The number of nitrogens with zero attached hydrogens (tertiary/aromatic N) is 1. The zero-order valence-corrected chi connectivity index (χ0v) is 14.6. The summed E-state index contributed by atoms with van der Waals surface area (Å²) < 4.78 is 0. The molecule has 0 aromatic carbocycles. The molecule has 5 nitrogen and oxygen atoms in total. The van der Waals surface area contributed by atoms with Crippen LogP contribution in [0.25, 0.3) is 0 Å². The van der Waals surface area contributed by atoms with Crippen LogP contribution >= 0.6 is 0 Å². The van der Waals surface area contributed by atoms with E-state index in [4.69, 9.17) is 5.41 Å². The fourth-order valence-corrected chi connectivity index (χ4v) is 3.38. The number of hydrogen-bond acceptors (Lipinski definition) is 3. The van der Waals surface area contributed by atoms with E-state index in [1.165, 1.54) is 12.8 Å². The summed E-state index contributed by atoms with van der Waals surface area (Å²) in [5.41, 5.74) is -0.596. The molecule has 0 aliphatic carbocycles. The van der Waals surface area contributed by atoms with Gasteiger partial charge in [0.15, 0.2) is 5.96 Å². The highest BCUT2D eigenvalue weighted by Crippen LogP contribution is 2.30. The molecular formula is C17H34N4O. The minimum absolute atomic E-state index is 0.244. The third kappa shape index (κ3) is 5.27. The van der Waals surface area contributed by atoms with Gasteiger partial charge in [-0.3, -0.25) is 5.41 Å². The molecule has 0 radical (unpaired) electrons. The number of aldehydes is 1. The van der Waals surface area contributed by atoms with Gasteiger partial charge in [0, 0.05) is 19.5 Å². The van der Waals surface area contributed by atoms with Crippen LogP contribution < -0.4 is 10.6 Å². The Morgan fingerprint density at radius 2 is 2.09 bits per heavy atom. The van der Waals surface area contributed by atoms with Gasteiger partial charge in [0.25, 0.3) is 0 Å².